The molecule has 0 aromatic carbocycles. The van der Waals surface area contributed by atoms with Gasteiger partial charge in [-0.2, -0.15) is 0 Å². The Balaban J connectivity index is 1.18. The molecule has 0 aromatic rings. The van der Waals surface area contributed by atoms with Gasteiger partial charge in [-0.25, -0.2) is 0 Å². The fraction of sp³-hybridized carbons (Fsp3) is 0.970. The summed E-state index contributed by atoms with van der Waals surface area (Å²) in [5.74, 6) is 2.84. The number of fused-ring (bicyclic) bond motifs is 4. The predicted octanol–water partition coefficient (Wildman–Crippen LogP) is 5.42. The smallest absolute Gasteiger partial charge is 0.219 e. The summed E-state index contributed by atoms with van der Waals surface area (Å²) >= 11 is 0. The first-order valence-corrected chi connectivity index (χ1v) is 16.1. The van der Waals surface area contributed by atoms with Gasteiger partial charge in [0.25, 0.3) is 0 Å². The van der Waals surface area contributed by atoms with E-state index in [0.717, 1.165) is 19.4 Å². The third-order valence-electron chi connectivity index (χ3n) is 14.9. The molecule has 6 saturated carbocycles. The Kier molecular flexibility index (Phi) is 5.53. The van der Waals surface area contributed by atoms with Crippen molar-refractivity contribution in [1.29, 1.82) is 0 Å². The highest BCUT2D eigenvalue weighted by molar-refractivity contribution is 5.73. The molecule has 7 rings (SSSR count). The molecule has 0 aromatic heterocycles. The monoisotopic (exact) mass is 527 g/mol. The van der Waals surface area contributed by atoms with E-state index < -0.39 is 6.10 Å². The van der Waals surface area contributed by atoms with Crippen LogP contribution >= 0.6 is 0 Å². The van der Waals surface area contributed by atoms with Crippen molar-refractivity contribution in [2.24, 2.45) is 56.7 Å². The van der Waals surface area contributed by atoms with E-state index in [0.29, 0.717) is 47.0 Å². The molecule has 1 aliphatic heterocycles. The molecule has 12 atom stereocenters. The van der Waals surface area contributed by atoms with Crippen LogP contribution < -0.4 is 0 Å². The second kappa shape index (κ2) is 8.00. The summed E-state index contributed by atoms with van der Waals surface area (Å²) in [7, 11) is 0. The van der Waals surface area contributed by atoms with E-state index in [-0.39, 0.29) is 40.5 Å². The Morgan fingerprint density at radius 2 is 1.61 bits per heavy atom. The molecule has 1 amide bonds. The average molecular weight is 528 g/mol. The van der Waals surface area contributed by atoms with Crippen LogP contribution in [-0.2, 0) is 9.53 Å². The minimum atomic E-state index is -0.449. The van der Waals surface area contributed by atoms with Crippen LogP contribution in [0.15, 0.2) is 0 Å². The second-order valence-electron chi connectivity index (χ2n) is 16.5. The fourth-order valence-corrected chi connectivity index (χ4v) is 12.7. The highest BCUT2D eigenvalue weighted by Crippen LogP contribution is 2.89. The number of amides is 1. The third kappa shape index (κ3) is 3.08. The van der Waals surface area contributed by atoms with Crippen molar-refractivity contribution in [1.82, 2.24) is 4.90 Å². The molecule has 7 aliphatic rings. The molecule has 0 radical (unpaired) electrons. The summed E-state index contributed by atoms with van der Waals surface area (Å²) in [5, 5.41) is 23.3. The molecular formula is C33H53NO4. The Hall–Kier alpha value is -0.650. The first-order chi connectivity index (χ1) is 17.8. The van der Waals surface area contributed by atoms with Gasteiger partial charge < -0.3 is 19.8 Å². The van der Waals surface area contributed by atoms with Gasteiger partial charge in [-0.15, -0.1) is 0 Å². The molecule has 7 fully saturated rings. The van der Waals surface area contributed by atoms with Crippen molar-refractivity contribution in [3.8, 4) is 0 Å². The van der Waals surface area contributed by atoms with E-state index >= 15 is 0 Å². The molecular weight excluding hydrogens is 474 g/mol. The summed E-state index contributed by atoms with van der Waals surface area (Å²) in [4.78, 5) is 14.5. The van der Waals surface area contributed by atoms with Crippen LogP contribution in [0.4, 0.5) is 0 Å². The van der Waals surface area contributed by atoms with Crippen LogP contribution in [0.25, 0.3) is 0 Å². The van der Waals surface area contributed by atoms with Gasteiger partial charge in [-0.05, 0) is 115 Å². The number of ether oxygens (including phenoxy) is 1. The topological polar surface area (TPSA) is 70.0 Å². The van der Waals surface area contributed by atoms with Crippen LogP contribution in [0, 0.1) is 56.7 Å². The van der Waals surface area contributed by atoms with Gasteiger partial charge in [0.1, 0.15) is 0 Å². The summed E-state index contributed by atoms with van der Waals surface area (Å²) in [6.45, 7) is 15.3. The summed E-state index contributed by atoms with van der Waals surface area (Å²) in [5.41, 5.74) is 0.633. The first kappa shape index (κ1) is 26.3. The lowest BCUT2D eigenvalue weighted by Gasteiger charge is -2.63. The molecule has 5 nitrogen and oxygen atoms in total. The van der Waals surface area contributed by atoms with E-state index in [1.54, 1.807) is 6.92 Å². The molecule has 12 unspecified atom stereocenters. The number of hydrogen-bond acceptors (Lipinski definition) is 4. The van der Waals surface area contributed by atoms with Gasteiger partial charge in [0.2, 0.25) is 5.91 Å². The van der Waals surface area contributed by atoms with E-state index in [4.69, 9.17) is 4.74 Å². The van der Waals surface area contributed by atoms with Crippen molar-refractivity contribution >= 4 is 5.91 Å². The number of aliphatic hydroxyl groups is 2. The standard InChI is InChI=1S/C33H53NO4/c1-19-15-22(17-34(20(2)35)16-21-7-8-21)38-27-26(19)30(5)13-14-33-18-32(33)12-11-25(36)29(3,4)23(32)9-10-24(33)31(30,6)28(27)37/h19,21-28,36-37H,7-18H2,1-6H3. The minimum absolute atomic E-state index is 0.00937. The quantitative estimate of drug-likeness (QED) is 0.512. The molecule has 214 valence electrons. The highest BCUT2D eigenvalue weighted by Gasteiger charge is 2.84. The zero-order valence-corrected chi connectivity index (χ0v) is 24.8. The highest BCUT2D eigenvalue weighted by atomic mass is 16.5. The number of nitrogens with zero attached hydrogens (tertiary/aromatic N) is 1. The Bertz CT molecular complexity index is 1010. The van der Waals surface area contributed by atoms with Crippen LogP contribution in [0.2, 0.25) is 0 Å². The van der Waals surface area contributed by atoms with E-state index in [1.807, 2.05) is 4.90 Å². The maximum Gasteiger partial charge on any atom is 0.219 e. The summed E-state index contributed by atoms with van der Waals surface area (Å²) in [6, 6.07) is 0. The molecule has 2 spiro atoms. The van der Waals surface area contributed by atoms with Gasteiger partial charge in [0.15, 0.2) is 0 Å². The molecule has 0 bridgehead atoms. The van der Waals surface area contributed by atoms with E-state index in [9.17, 15) is 15.0 Å². The maximum absolute atomic E-state index is 12.4. The first-order valence-electron chi connectivity index (χ1n) is 16.1. The molecule has 1 saturated heterocycles. The maximum atomic E-state index is 12.4. The zero-order chi connectivity index (χ0) is 27.0. The molecule has 38 heavy (non-hydrogen) atoms. The molecule has 6 aliphatic carbocycles. The van der Waals surface area contributed by atoms with Crippen molar-refractivity contribution < 1.29 is 19.7 Å². The van der Waals surface area contributed by atoms with Crippen molar-refractivity contribution in [3.05, 3.63) is 0 Å². The SMILES string of the molecule is CC(=O)N(CC1CC1)CC1CC(C)C2C(O1)C(O)C1(C)C3CCC4C(C)(C)C(O)CCC45CC35CCC21C. The van der Waals surface area contributed by atoms with Gasteiger partial charge in [-0.1, -0.05) is 34.6 Å². The lowest BCUT2D eigenvalue weighted by Crippen LogP contribution is -2.59. The van der Waals surface area contributed by atoms with Crippen molar-refractivity contribution in [3.63, 3.8) is 0 Å². The van der Waals surface area contributed by atoms with Gasteiger partial charge in [0, 0.05) is 25.4 Å². The minimum Gasteiger partial charge on any atom is -0.393 e. The largest absolute Gasteiger partial charge is 0.393 e. The zero-order valence-electron chi connectivity index (χ0n) is 24.8. The normalized spacial score (nSPS) is 56.1. The fourth-order valence-electron chi connectivity index (χ4n) is 12.7. The number of rotatable bonds is 4. The third-order valence-corrected chi connectivity index (χ3v) is 14.9. The second-order valence-corrected chi connectivity index (χ2v) is 16.5. The van der Waals surface area contributed by atoms with Crippen LogP contribution in [0.3, 0.4) is 0 Å². The van der Waals surface area contributed by atoms with Gasteiger partial charge in [0.05, 0.1) is 24.4 Å². The van der Waals surface area contributed by atoms with E-state index in [1.165, 1.54) is 51.4 Å². The van der Waals surface area contributed by atoms with Crippen LogP contribution in [-0.4, -0.2) is 58.5 Å². The number of carbonyl (C=O) groups is 1. The number of aliphatic hydroxyl groups excluding tert-OH is 2. The summed E-state index contributed by atoms with van der Waals surface area (Å²) in [6.07, 6.45) is 11.0. The molecule has 5 heteroatoms. The van der Waals surface area contributed by atoms with Crippen LogP contribution in [0.5, 0.6) is 0 Å². The Morgan fingerprint density at radius 3 is 2.29 bits per heavy atom. The molecule has 1 heterocycles. The average Bonchev–Trinajstić information content (AvgIpc) is 3.76. The van der Waals surface area contributed by atoms with E-state index in [2.05, 4.69) is 34.6 Å². The van der Waals surface area contributed by atoms with Gasteiger partial charge >= 0.3 is 0 Å². The predicted molar refractivity (Wildman–Crippen MR) is 147 cm³/mol. The Labute approximate surface area is 230 Å². The number of hydrogen-bond donors (Lipinski definition) is 2. The lowest BCUT2D eigenvalue weighted by molar-refractivity contribution is -0.182. The van der Waals surface area contributed by atoms with Crippen molar-refractivity contribution in [2.75, 3.05) is 13.1 Å². The lowest BCUT2D eigenvalue weighted by atomic mass is 9.41. The molecule has 2 N–H and O–H groups in total. The van der Waals surface area contributed by atoms with Gasteiger partial charge in [-0.3, -0.25) is 4.79 Å². The summed E-state index contributed by atoms with van der Waals surface area (Å²) < 4.78 is 6.90. The Morgan fingerprint density at radius 1 is 0.921 bits per heavy atom. The van der Waals surface area contributed by atoms with Crippen LogP contribution in [0.1, 0.15) is 106 Å². The number of carbonyl (C=O) groups excluding carboxylic acids is 1. The van der Waals surface area contributed by atoms with Crippen molar-refractivity contribution in [2.45, 2.75) is 130 Å².